The van der Waals surface area contributed by atoms with E-state index in [2.05, 4.69) is 10.6 Å². The van der Waals surface area contributed by atoms with Gasteiger partial charge in [0.05, 0.1) is 12.1 Å². The van der Waals surface area contributed by atoms with E-state index >= 15 is 0 Å². The third-order valence-electron chi connectivity index (χ3n) is 4.71. The number of hydrogen-bond donors (Lipinski definition) is 2. The van der Waals surface area contributed by atoms with Gasteiger partial charge in [-0.25, -0.2) is 0 Å². The predicted octanol–water partition coefficient (Wildman–Crippen LogP) is 5.87. The van der Waals surface area contributed by atoms with Gasteiger partial charge in [-0.2, -0.15) is 5.26 Å². The molecular formula is C26H21Cl2N3O4. The first-order chi connectivity index (χ1) is 16.8. The molecule has 0 bridgehead atoms. The molecule has 9 heteroatoms. The summed E-state index contributed by atoms with van der Waals surface area (Å²) in [4.78, 5) is 24.8. The number of aryl methyl sites for hydroxylation is 1. The summed E-state index contributed by atoms with van der Waals surface area (Å²) in [5, 5.41) is 15.5. The monoisotopic (exact) mass is 509 g/mol. The highest BCUT2D eigenvalue weighted by molar-refractivity contribution is 6.32. The molecule has 0 saturated carbocycles. The zero-order chi connectivity index (χ0) is 25.4. The Bertz CT molecular complexity index is 1300. The molecule has 0 atom stereocenters. The van der Waals surface area contributed by atoms with Crippen molar-refractivity contribution in [1.82, 2.24) is 0 Å². The van der Waals surface area contributed by atoms with Crippen LogP contribution in [0.25, 0.3) is 6.08 Å². The summed E-state index contributed by atoms with van der Waals surface area (Å²) >= 11 is 12.2. The molecule has 0 aromatic heterocycles. The van der Waals surface area contributed by atoms with E-state index in [9.17, 15) is 14.9 Å². The van der Waals surface area contributed by atoms with Crippen molar-refractivity contribution in [3.63, 3.8) is 0 Å². The van der Waals surface area contributed by atoms with Crippen LogP contribution in [0.4, 0.5) is 11.4 Å². The summed E-state index contributed by atoms with van der Waals surface area (Å²) in [7, 11) is 1.41. The molecule has 2 N–H and O–H groups in total. The second kappa shape index (κ2) is 11.9. The number of ether oxygens (including phenoxy) is 2. The zero-order valence-electron chi connectivity index (χ0n) is 18.9. The summed E-state index contributed by atoms with van der Waals surface area (Å²) < 4.78 is 10.9. The van der Waals surface area contributed by atoms with Crippen LogP contribution in [0.15, 0.2) is 66.2 Å². The van der Waals surface area contributed by atoms with Crippen molar-refractivity contribution < 1.29 is 19.1 Å². The van der Waals surface area contributed by atoms with Crippen LogP contribution < -0.4 is 20.1 Å². The molecule has 35 heavy (non-hydrogen) atoms. The van der Waals surface area contributed by atoms with Gasteiger partial charge >= 0.3 is 0 Å². The average molecular weight is 510 g/mol. The van der Waals surface area contributed by atoms with Crippen LogP contribution in [-0.2, 0) is 9.59 Å². The maximum Gasteiger partial charge on any atom is 0.266 e. The fraction of sp³-hybridized carbons (Fsp3) is 0.115. The normalized spacial score (nSPS) is 10.8. The first-order valence-corrected chi connectivity index (χ1v) is 11.1. The topological polar surface area (TPSA) is 100 Å². The summed E-state index contributed by atoms with van der Waals surface area (Å²) in [6, 6.07) is 18.8. The number of methoxy groups -OCH3 is 1. The summed E-state index contributed by atoms with van der Waals surface area (Å²) in [5.41, 5.74) is 2.50. The molecule has 3 rings (SSSR count). The number of carbonyl (C=O) groups excluding carboxylic acids is 2. The summed E-state index contributed by atoms with van der Waals surface area (Å²) in [6.07, 6.45) is 1.37. The second-order valence-electron chi connectivity index (χ2n) is 7.37. The Morgan fingerprint density at radius 3 is 2.26 bits per heavy atom. The van der Waals surface area contributed by atoms with E-state index in [1.807, 2.05) is 25.1 Å². The van der Waals surface area contributed by atoms with Gasteiger partial charge in [-0.3, -0.25) is 9.59 Å². The number of hydrogen-bond acceptors (Lipinski definition) is 5. The lowest BCUT2D eigenvalue weighted by molar-refractivity contribution is -0.118. The second-order valence-corrected chi connectivity index (χ2v) is 8.21. The standard InChI is InChI=1S/C26H21Cl2N3O4/c1-16-3-7-20(8-4-16)30-24(32)15-35-25-22(28)12-17(13-23(25)34-2)11-18(14-29)26(33)31-21-9-5-19(27)6-10-21/h3-13H,15H2,1-2H3,(H,30,32)(H,31,33)/b18-11+. The van der Waals surface area contributed by atoms with Crippen LogP contribution in [0.2, 0.25) is 10.0 Å². The molecule has 3 aromatic rings. The lowest BCUT2D eigenvalue weighted by Gasteiger charge is -2.13. The molecule has 3 aromatic carbocycles. The Morgan fingerprint density at radius 1 is 1.00 bits per heavy atom. The quantitative estimate of drug-likeness (QED) is 0.292. The van der Waals surface area contributed by atoms with Gasteiger partial charge in [0, 0.05) is 16.4 Å². The van der Waals surface area contributed by atoms with Gasteiger partial charge < -0.3 is 20.1 Å². The highest BCUT2D eigenvalue weighted by Crippen LogP contribution is 2.37. The molecule has 0 saturated heterocycles. The molecule has 0 fully saturated rings. The molecule has 178 valence electrons. The molecule has 0 aliphatic heterocycles. The molecular weight excluding hydrogens is 489 g/mol. The van der Waals surface area contributed by atoms with Gasteiger partial charge in [0.25, 0.3) is 11.8 Å². The Balaban J connectivity index is 1.72. The lowest BCUT2D eigenvalue weighted by Crippen LogP contribution is -2.20. The van der Waals surface area contributed by atoms with Crippen LogP contribution in [-0.4, -0.2) is 25.5 Å². The minimum absolute atomic E-state index is 0.147. The Labute approximate surface area is 212 Å². The smallest absolute Gasteiger partial charge is 0.266 e. The molecule has 0 radical (unpaired) electrons. The van der Waals surface area contributed by atoms with Gasteiger partial charge in [0.15, 0.2) is 18.1 Å². The van der Waals surface area contributed by atoms with Gasteiger partial charge in [0.2, 0.25) is 0 Å². The number of nitrogens with one attached hydrogen (secondary N) is 2. The molecule has 7 nitrogen and oxygen atoms in total. The molecule has 0 aliphatic rings. The minimum Gasteiger partial charge on any atom is -0.493 e. The van der Waals surface area contributed by atoms with Gasteiger partial charge in [-0.05, 0) is 67.1 Å². The number of benzene rings is 3. The van der Waals surface area contributed by atoms with Gasteiger partial charge in [-0.1, -0.05) is 40.9 Å². The van der Waals surface area contributed by atoms with Crippen LogP contribution in [0.3, 0.4) is 0 Å². The van der Waals surface area contributed by atoms with Gasteiger partial charge in [0.1, 0.15) is 11.6 Å². The lowest BCUT2D eigenvalue weighted by atomic mass is 10.1. The maximum absolute atomic E-state index is 12.5. The molecule has 0 unspecified atom stereocenters. The molecule has 2 amide bonds. The summed E-state index contributed by atoms with van der Waals surface area (Å²) in [6.45, 7) is 1.65. The maximum atomic E-state index is 12.5. The van der Waals surface area contributed by atoms with E-state index in [-0.39, 0.29) is 34.6 Å². The number of anilines is 2. The van der Waals surface area contributed by atoms with E-state index in [1.54, 1.807) is 42.5 Å². The Hall–Kier alpha value is -3.99. The predicted molar refractivity (Wildman–Crippen MR) is 137 cm³/mol. The van der Waals surface area contributed by atoms with E-state index in [4.69, 9.17) is 32.7 Å². The van der Waals surface area contributed by atoms with Crippen LogP contribution in [0.1, 0.15) is 11.1 Å². The first-order valence-electron chi connectivity index (χ1n) is 10.3. The minimum atomic E-state index is -0.599. The number of halogens is 2. The number of carbonyl (C=O) groups is 2. The average Bonchev–Trinajstić information content (AvgIpc) is 2.84. The number of rotatable bonds is 8. The van der Waals surface area contributed by atoms with E-state index in [1.165, 1.54) is 19.3 Å². The van der Waals surface area contributed by atoms with Crippen LogP contribution in [0.5, 0.6) is 11.5 Å². The Morgan fingerprint density at radius 2 is 1.63 bits per heavy atom. The van der Waals surface area contributed by atoms with Crippen molar-refractivity contribution in [3.8, 4) is 17.6 Å². The third kappa shape index (κ3) is 7.24. The fourth-order valence-electron chi connectivity index (χ4n) is 2.98. The molecule has 0 spiro atoms. The highest BCUT2D eigenvalue weighted by Gasteiger charge is 2.16. The zero-order valence-corrected chi connectivity index (χ0v) is 20.4. The fourth-order valence-corrected chi connectivity index (χ4v) is 3.38. The van der Waals surface area contributed by atoms with Crippen LogP contribution >= 0.6 is 23.2 Å². The summed E-state index contributed by atoms with van der Waals surface area (Å²) in [5.74, 6) is -0.573. The third-order valence-corrected chi connectivity index (χ3v) is 5.25. The van der Waals surface area contributed by atoms with Crippen molar-refractivity contribution in [2.24, 2.45) is 0 Å². The number of nitriles is 1. The molecule has 0 aliphatic carbocycles. The molecule has 0 heterocycles. The van der Waals surface area contributed by atoms with Crippen molar-refractivity contribution in [2.45, 2.75) is 6.92 Å². The Kier molecular flexibility index (Phi) is 8.74. The first kappa shape index (κ1) is 25.6. The SMILES string of the molecule is COc1cc(/C=C(\C#N)C(=O)Nc2ccc(Cl)cc2)cc(Cl)c1OCC(=O)Nc1ccc(C)cc1. The van der Waals surface area contributed by atoms with Crippen LogP contribution in [0, 0.1) is 18.3 Å². The van der Waals surface area contributed by atoms with E-state index < -0.39 is 5.91 Å². The van der Waals surface area contributed by atoms with Crippen molar-refractivity contribution >= 4 is 52.5 Å². The van der Waals surface area contributed by atoms with Crippen molar-refractivity contribution in [1.29, 1.82) is 5.26 Å². The van der Waals surface area contributed by atoms with Crippen molar-refractivity contribution in [3.05, 3.63) is 87.4 Å². The van der Waals surface area contributed by atoms with Crippen molar-refractivity contribution in [2.75, 3.05) is 24.4 Å². The van der Waals surface area contributed by atoms with Gasteiger partial charge in [-0.15, -0.1) is 0 Å². The largest absolute Gasteiger partial charge is 0.493 e. The number of nitrogens with zero attached hydrogens (tertiary/aromatic N) is 1. The number of amides is 2. The van der Waals surface area contributed by atoms with E-state index in [0.29, 0.717) is 22.0 Å². The van der Waals surface area contributed by atoms with E-state index in [0.717, 1.165) is 5.56 Å². The highest BCUT2D eigenvalue weighted by atomic mass is 35.5.